The maximum Gasteiger partial charge on any atom is 0.224 e. The second-order valence-electron chi connectivity index (χ2n) is 6.77. The summed E-state index contributed by atoms with van der Waals surface area (Å²) in [6.07, 6.45) is 11.3. The van der Waals surface area contributed by atoms with Crippen LogP contribution >= 0.6 is 0 Å². The highest BCUT2D eigenvalue weighted by Crippen LogP contribution is 2.30. The van der Waals surface area contributed by atoms with Gasteiger partial charge in [-0.2, -0.15) is 5.10 Å². The van der Waals surface area contributed by atoms with Crippen LogP contribution in [0.15, 0.2) is 40.2 Å². The third-order valence-electron chi connectivity index (χ3n) is 4.79. The van der Waals surface area contributed by atoms with E-state index in [1.807, 2.05) is 19.1 Å². The normalized spacial score (nSPS) is 22.5. The van der Waals surface area contributed by atoms with Crippen LogP contribution < -0.4 is 5.32 Å². The zero-order valence-electron chi connectivity index (χ0n) is 15.1. The van der Waals surface area contributed by atoms with Gasteiger partial charge in [-0.25, -0.2) is 0 Å². The molecule has 0 fully saturated rings. The second kappa shape index (κ2) is 8.19. The standard InChI is InChI=1S/C20H26N4O/c1-3-8-19(25)22-15-11-12-18(21-13-15)20-17-10-7-5-4-6-9-16(17)14(2)23-24-20/h10-13,16H,3-9H2,1-2H3,(H,22,25)/b17-10+. The first-order chi connectivity index (χ1) is 12.2. The van der Waals surface area contributed by atoms with Gasteiger partial charge in [-0.05, 0) is 50.3 Å². The number of anilines is 1. The maximum absolute atomic E-state index is 11.7. The zero-order chi connectivity index (χ0) is 17.6. The molecule has 0 saturated heterocycles. The van der Waals surface area contributed by atoms with Gasteiger partial charge in [-0.15, -0.1) is 5.10 Å². The van der Waals surface area contributed by atoms with E-state index >= 15 is 0 Å². The van der Waals surface area contributed by atoms with Gasteiger partial charge < -0.3 is 5.32 Å². The smallest absolute Gasteiger partial charge is 0.224 e. The zero-order valence-corrected chi connectivity index (χ0v) is 15.1. The molecule has 1 amide bonds. The number of nitrogens with one attached hydrogen (secondary N) is 1. The number of pyridine rings is 1. The number of carbonyl (C=O) groups excluding carboxylic acids is 1. The maximum atomic E-state index is 11.7. The minimum atomic E-state index is 0.0232. The van der Waals surface area contributed by atoms with Crippen LogP contribution in [-0.4, -0.2) is 22.3 Å². The van der Waals surface area contributed by atoms with Crippen molar-refractivity contribution in [1.29, 1.82) is 0 Å². The number of hydrogen-bond donors (Lipinski definition) is 1. The molecule has 1 atom stereocenters. The highest BCUT2D eigenvalue weighted by Gasteiger charge is 2.27. The van der Waals surface area contributed by atoms with Crippen LogP contribution in [0.4, 0.5) is 5.69 Å². The van der Waals surface area contributed by atoms with E-state index < -0.39 is 0 Å². The molecule has 1 aromatic rings. The average molecular weight is 338 g/mol. The van der Waals surface area contributed by atoms with E-state index in [-0.39, 0.29) is 5.91 Å². The van der Waals surface area contributed by atoms with Crippen LogP contribution in [0.5, 0.6) is 0 Å². The number of rotatable bonds is 4. The molecule has 5 heteroatoms. The summed E-state index contributed by atoms with van der Waals surface area (Å²) >= 11 is 0. The first kappa shape index (κ1) is 17.5. The van der Waals surface area contributed by atoms with E-state index in [1.165, 1.54) is 24.8 Å². The topological polar surface area (TPSA) is 66.7 Å². The molecular weight excluding hydrogens is 312 g/mol. The predicted molar refractivity (Wildman–Crippen MR) is 102 cm³/mol. The Morgan fingerprint density at radius 1 is 1.24 bits per heavy atom. The lowest BCUT2D eigenvalue weighted by Crippen LogP contribution is -2.25. The van der Waals surface area contributed by atoms with Gasteiger partial charge >= 0.3 is 0 Å². The summed E-state index contributed by atoms with van der Waals surface area (Å²) in [7, 11) is 0. The van der Waals surface area contributed by atoms with Crippen LogP contribution in [0.25, 0.3) is 0 Å². The van der Waals surface area contributed by atoms with Crippen LogP contribution in [0, 0.1) is 5.92 Å². The Bertz CT molecular complexity index is 716. The van der Waals surface area contributed by atoms with Gasteiger partial charge in [-0.1, -0.05) is 25.8 Å². The molecule has 0 bridgehead atoms. The molecule has 3 rings (SSSR count). The molecule has 1 aliphatic heterocycles. The summed E-state index contributed by atoms with van der Waals surface area (Å²) < 4.78 is 0. The van der Waals surface area contributed by atoms with Crippen molar-refractivity contribution in [1.82, 2.24) is 4.98 Å². The van der Waals surface area contributed by atoms with Crippen molar-refractivity contribution in [3.05, 3.63) is 35.7 Å². The monoisotopic (exact) mass is 338 g/mol. The molecule has 0 saturated carbocycles. The quantitative estimate of drug-likeness (QED) is 0.878. The number of nitrogens with zero attached hydrogens (tertiary/aromatic N) is 3. The lowest BCUT2D eigenvalue weighted by Gasteiger charge is -2.26. The largest absolute Gasteiger partial charge is 0.325 e. The van der Waals surface area contributed by atoms with Crippen molar-refractivity contribution in [2.24, 2.45) is 16.1 Å². The summed E-state index contributed by atoms with van der Waals surface area (Å²) in [4.78, 5) is 16.2. The Labute approximate surface area is 149 Å². The number of carbonyl (C=O) groups is 1. The van der Waals surface area contributed by atoms with Crippen molar-refractivity contribution in [3.63, 3.8) is 0 Å². The van der Waals surface area contributed by atoms with Crippen LogP contribution in [-0.2, 0) is 4.79 Å². The molecule has 132 valence electrons. The Morgan fingerprint density at radius 2 is 2.12 bits per heavy atom. The number of aromatic nitrogens is 1. The van der Waals surface area contributed by atoms with Crippen molar-refractivity contribution < 1.29 is 4.79 Å². The average Bonchev–Trinajstić information content (AvgIpc) is 2.57. The molecule has 1 N–H and O–H groups in total. The number of hydrogen-bond acceptors (Lipinski definition) is 4. The van der Waals surface area contributed by atoms with Crippen LogP contribution in [0.3, 0.4) is 0 Å². The van der Waals surface area contributed by atoms with Crippen molar-refractivity contribution in [3.8, 4) is 0 Å². The second-order valence-corrected chi connectivity index (χ2v) is 6.77. The van der Waals surface area contributed by atoms with E-state index in [0.717, 1.165) is 42.1 Å². The Hall–Kier alpha value is -2.30. The van der Waals surface area contributed by atoms with E-state index in [0.29, 0.717) is 12.3 Å². The molecule has 25 heavy (non-hydrogen) atoms. The molecule has 0 aromatic carbocycles. The first-order valence-electron chi connectivity index (χ1n) is 9.28. The van der Waals surface area contributed by atoms with Gasteiger partial charge in [0.25, 0.3) is 0 Å². The summed E-state index contributed by atoms with van der Waals surface area (Å²) in [5, 5.41) is 11.7. The van der Waals surface area contributed by atoms with Gasteiger partial charge in [-0.3, -0.25) is 9.78 Å². The van der Waals surface area contributed by atoms with Gasteiger partial charge in [0.05, 0.1) is 17.6 Å². The fourth-order valence-electron chi connectivity index (χ4n) is 3.43. The van der Waals surface area contributed by atoms with Crippen molar-refractivity contribution in [2.75, 3.05) is 5.32 Å². The van der Waals surface area contributed by atoms with E-state index in [4.69, 9.17) is 0 Å². The lowest BCUT2D eigenvalue weighted by molar-refractivity contribution is -0.116. The third kappa shape index (κ3) is 4.21. The van der Waals surface area contributed by atoms with E-state index in [9.17, 15) is 4.79 Å². The lowest BCUT2D eigenvalue weighted by atomic mass is 9.82. The minimum Gasteiger partial charge on any atom is -0.325 e. The number of fused-ring (bicyclic) bond motifs is 1. The van der Waals surface area contributed by atoms with Gasteiger partial charge in [0.2, 0.25) is 5.91 Å². The molecule has 0 spiro atoms. The van der Waals surface area contributed by atoms with Crippen molar-refractivity contribution in [2.45, 2.75) is 58.8 Å². The van der Waals surface area contributed by atoms with Gasteiger partial charge in [0.1, 0.15) is 5.71 Å². The fourth-order valence-corrected chi connectivity index (χ4v) is 3.43. The highest BCUT2D eigenvalue weighted by molar-refractivity contribution is 6.16. The number of amides is 1. The molecule has 5 nitrogen and oxygen atoms in total. The number of allylic oxidation sites excluding steroid dienone is 2. The molecule has 2 aliphatic rings. The van der Waals surface area contributed by atoms with E-state index in [1.54, 1.807) is 6.20 Å². The molecule has 2 heterocycles. The van der Waals surface area contributed by atoms with Crippen molar-refractivity contribution >= 4 is 23.0 Å². The third-order valence-corrected chi connectivity index (χ3v) is 4.79. The molecule has 1 aromatic heterocycles. The molecule has 1 aliphatic carbocycles. The predicted octanol–water partition coefficient (Wildman–Crippen LogP) is 4.51. The van der Waals surface area contributed by atoms with Gasteiger partial charge in [0.15, 0.2) is 0 Å². The van der Waals surface area contributed by atoms with Crippen LogP contribution in [0.1, 0.15) is 64.5 Å². The summed E-state index contributed by atoms with van der Waals surface area (Å²) in [6.45, 7) is 4.06. The summed E-state index contributed by atoms with van der Waals surface area (Å²) in [5.74, 6) is 0.383. The highest BCUT2D eigenvalue weighted by atomic mass is 16.1. The van der Waals surface area contributed by atoms with E-state index in [2.05, 4.69) is 33.5 Å². The minimum absolute atomic E-state index is 0.0232. The first-order valence-corrected chi connectivity index (χ1v) is 9.28. The molecule has 0 radical (unpaired) electrons. The molecular formula is C20H26N4O. The SMILES string of the molecule is CCCC(=O)Nc1ccc(C2=NN=C(C)C3CCCCC/C=C/23)nc1. The summed E-state index contributed by atoms with van der Waals surface area (Å²) in [6, 6.07) is 3.81. The fraction of sp³-hybridized carbons (Fsp3) is 0.500. The molecule has 1 unspecified atom stereocenters. The van der Waals surface area contributed by atoms with Gasteiger partial charge in [0, 0.05) is 18.1 Å². The summed E-state index contributed by atoms with van der Waals surface area (Å²) in [5.41, 5.74) is 4.79. The Morgan fingerprint density at radius 3 is 2.88 bits per heavy atom. The van der Waals surface area contributed by atoms with Crippen LogP contribution in [0.2, 0.25) is 0 Å². The Balaban J connectivity index is 1.83. The Kier molecular flexibility index (Phi) is 5.74.